The van der Waals surface area contributed by atoms with Gasteiger partial charge in [-0.25, -0.2) is 0 Å². The number of hydrogen-bond donors (Lipinski definition) is 0. The fourth-order valence-corrected chi connectivity index (χ4v) is 2.28. The summed E-state index contributed by atoms with van der Waals surface area (Å²) < 4.78 is 5.75. The highest BCUT2D eigenvalue weighted by Gasteiger charge is 2.10. The molecule has 2 aromatic rings. The molecule has 23 heavy (non-hydrogen) atoms. The topological polar surface area (TPSA) is 69.6 Å². The molecule has 5 heteroatoms. The Balaban J connectivity index is 2.64. The van der Waals surface area contributed by atoms with Gasteiger partial charge in [-0.05, 0) is 32.0 Å². The third-order valence-corrected chi connectivity index (χ3v) is 3.69. The summed E-state index contributed by atoms with van der Waals surface area (Å²) in [6.45, 7) is 9.48. The third-order valence-electron chi connectivity index (χ3n) is 3.69. The number of amides is 1. The van der Waals surface area contributed by atoms with Gasteiger partial charge in [0.15, 0.2) is 0 Å². The smallest absolute Gasteiger partial charge is 0.251 e. The van der Waals surface area contributed by atoms with E-state index in [0.717, 1.165) is 24.2 Å². The Bertz CT molecular complexity index is 824. The number of rotatable bonds is 4. The number of nitrogens with zero attached hydrogens (tertiary/aromatic N) is 3. The van der Waals surface area contributed by atoms with E-state index in [9.17, 15) is 10.1 Å². The highest BCUT2D eigenvalue weighted by molar-refractivity contribution is 5.82. The first-order chi connectivity index (χ1) is 11.0. The van der Waals surface area contributed by atoms with Crippen LogP contribution in [0, 0.1) is 17.2 Å². The Hall–Kier alpha value is -2.61. The molecule has 1 heterocycles. The minimum Gasteiger partial charge on any atom is -0.437 e. The van der Waals surface area contributed by atoms with Crippen molar-refractivity contribution in [2.24, 2.45) is 10.9 Å². The van der Waals surface area contributed by atoms with Crippen LogP contribution in [0.4, 0.5) is 5.69 Å². The average molecular weight is 311 g/mol. The number of carbonyl (C=O) groups is 1. The summed E-state index contributed by atoms with van der Waals surface area (Å²) in [7, 11) is 0. The maximum atomic E-state index is 11.8. The molecule has 1 aromatic carbocycles. The Morgan fingerprint density at radius 3 is 2.57 bits per heavy atom. The van der Waals surface area contributed by atoms with Crippen molar-refractivity contribution in [3.05, 3.63) is 35.4 Å². The van der Waals surface area contributed by atoms with E-state index in [0.29, 0.717) is 5.58 Å². The summed E-state index contributed by atoms with van der Waals surface area (Å²) in [6, 6.07) is 9.59. The SMILES string of the molecule is CCN(CC)c1ccc2cc(C#N)c(=NC(=O)C(C)C)oc2c1. The van der Waals surface area contributed by atoms with Crippen LogP contribution in [0.3, 0.4) is 0 Å². The lowest BCUT2D eigenvalue weighted by Crippen LogP contribution is -2.21. The second kappa shape index (κ2) is 7.10. The van der Waals surface area contributed by atoms with Crippen LogP contribution in [0.2, 0.25) is 0 Å². The number of benzene rings is 1. The number of hydrogen-bond acceptors (Lipinski definition) is 4. The molecule has 2 rings (SSSR count). The van der Waals surface area contributed by atoms with Gasteiger partial charge in [0.05, 0.1) is 0 Å². The van der Waals surface area contributed by atoms with Crippen molar-refractivity contribution in [2.75, 3.05) is 18.0 Å². The molecule has 120 valence electrons. The standard InChI is InChI=1S/C18H21N3O2/c1-5-21(6-2)15-8-7-13-9-14(11-19)18(23-16(13)10-15)20-17(22)12(3)4/h7-10,12H,5-6H2,1-4H3. The molecule has 0 aliphatic rings. The van der Waals surface area contributed by atoms with E-state index in [4.69, 9.17) is 4.42 Å². The summed E-state index contributed by atoms with van der Waals surface area (Å²) in [5, 5.41) is 10.1. The molecule has 0 bridgehead atoms. The maximum absolute atomic E-state index is 11.8. The molecule has 1 amide bonds. The van der Waals surface area contributed by atoms with Gasteiger partial charge in [0.1, 0.15) is 17.2 Å². The Labute approximate surface area is 135 Å². The zero-order valence-electron chi connectivity index (χ0n) is 14.0. The number of carbonyl (C=O) groups excluding carboxylic acids is 1. The van der Waals surface area contributed by atoms with Gasteiger partial charge in [-0.2, -0.15) is 10.3 Å². The molecule has 0 spiro atoms. The number of fused-ring (bicyclic) bond motifs is 1. The molecule has 0 unspecified atom stereocenters. The van der Waals surface area contributed by atoms with Gasteiger partial charge in [0.2, 0.25) is 5.55 Å². The van der Waals surface area contributed by atoms with Gasteiger partial charge in [0.25, 0.3) is 5.91 Å². The lowest BCUT2D eigenvalue weighted by atomic mass is 10.1. The molecule has 0 radical (unpaired) electrons. The van der Waals surface area contributed by atoms with Crippen molar-refractivity contribution in [3.63, 3.8) is 0 Å². The van der Waals surface area contributed by atoms with E-state index in [2.05, 4.69) is 23.7 Å². The van der Waals surface area contributed by atoms with Crippen molar-refractivity contribution in [3.8, 4) is 6.07 Å². The van der Waals surface area contributed by atoms with Gasteiger partial charge in [-0.15, -0.1) is 0 Å². The van der Waals surface area contributed by atoms with Crippen LogP contribution in [-0.2, 0) is 4.79 Å². The predicted octanol–water partition coefficient (Wildman–Crippen LogP) is 3.23. The van der Waals surface area contributed by atoms with Crippen LogP contribution in [-0.4, -0.2) is 19.0 Å². The summed E-state index contributed by atoms with van der Waals surface area (Å²) in [6.07, 6.45) is 0. The van der Waals surface area contributed by atoms with Gasteiger partial charge in [-0.1, -0.05) is 13.8 Å². The van der Waals surface area contributed by atoms with Crippen molar-refractivity contribution in [1.29, 1.82) is 5.26 Å². The normalized spacial score (nSPS) is 11.7. The molecule has 5 nitrogen and oxygen atoms in total. The Morgan fingerprint density at radius 1 is 1.30 bits per heavy atom. The first-order valence-electron chi connectivity index (χ1n) is 7.81. The fourth-order valence-electron chi connectivity index (χ4n) is 2.28. The summed E-state index contributed by atoms with van der Waals surface area (Å²) in [4.78, 5) is 18.0. The van der Waals surface area contributed by atoms with E-state index < -0.39 is 0 Å². The second-order valence-corrected chi connectivity index (χ2v) is 5.58. The van der Waals surface area contributed by atoms with Crippen LogP contribution in [0.1, 0.15) is 33.3 Å². The molecule has 0 fully saturated rings. The lowest BCUT2D eigenvalue weighted by molar-refractivity contribution is -0.121. The van der Waals surface area contributed by atoms with E-state index in [1.165, 1.54) is 0 Å². The predicted molar refractivity (Wildman–Crippen MR) is 89.9 cm³/mol. The maximum Gasteiger partial charge on any atom is 0.251 e. The fraction of sp³-hybridized carbons (Fsp3) is 0.389. The highest BCUT2D eigenvalue weighted by Crippen LogP contribution is 2.21. The summed E-state index contributed by atoms with van der Waals surface area (Å²) >= 11 is 0. The molecule has 1 aromatic heterocycles. The zero-order valence-corrected chi connectivity index (χ0v) is 14.0. The molecule has 0 saturated heterocycles. The molecule has 0 aliphatic carbocycles. The Morgan fingerprint density at radius 2 is 2.00 bits per heavy atom. The summed E-state index contributed by atoms with van der Waals surface area (Å²) in [5.74, 6) is -0.543. The molecule has 0 N–H and O–H groups in total. The molecule has 0 saturated carbocycles. The van der Waals surface area contributed by atoms with Crippen LogP contribution >= 0.6 is 0 Å². The lowest BCUT2D eigenvalue weighted by Gasteiger charge is -2.21. The first kappa shape index (κ1) is 16.8. The van der Waals surface area contributed by atoms with E-state index >= 15 is 0 Å². The molecule has 0 aliphatic heterocycles. The minimum atomic E-state index is -0.301. The van der Waals surface area contributed by atoms with E-state index in [1.54, 1.807) is 19.9 Å². The number of nitriles is 1. The second-order valence-electron chi connectivity index (χ2n) is 5.58. The largest absolute Gasteiger partial charge is 0.437 e. The number of anilines is 1. The minimum absolute atomic E-state index is 0.0791. The average Bonchev–Trinajstić information content (AvgIpc) is 2.55. The van der Waals surface area contributed by atoms with Crippen LogP contribution < -0.4 is 10.5 Å². The van der Waals surface area contributed by atoms with Crippen LogP contribution in [0.5, 0.6) is 0 Å². The third kappa shape index (κ3) is 3.59. The van der Waals surface area contributed by atoms with E-state index in [-0.39, 0.29) is 22.9 Å². The van der Waals surface area contributed by atoms with E-state index in [1.807, 2.05) is 24.3 Å². The zero-order chi connectivity index (χ0) is 17.0. The van der Waals surface area contributed by atoms with Gasteiger partial charge in [0, 0.05) is 36.1 Å². The summed E-state index contributed by atoms with van der Waals surface area (Å²) in [5.41, 5.74) is 2.00. The van der Waals surface area contributed by atoms with Crippen LogP contribution in [0.15, 0.2) is 33.7 Å². The van der Waals surface area contributed by atoms with Gasteiger partial charge in [-0.3, -0.25) is 4.79 Å². The Kier molecular flexibility index (Phi) is 5.17. The van der Waals surface area contributed by atoms with Crippen molar-refractivity contribution < 1.29 is 9.21 Å². The van der Waals surface area contributed by atoms with Crippen molar-refractivity contribution in [2.45, 2.75) is 27.7 Å². The quantitative estimate of drug-likeness (QED) is 0.869. The van der Waals surface area contributed by atoms with Crippen molar-refractivity contribution >= 4 is 22.6 Å². The first-order valence-corrected chi connectivity index (χ1v) is 7.81. The molecular weight excluding hydrogens is 290 g/mol. The van der Waals surface area contributed by atoms with Crippen molar-refractivity contribution in [1.82, 2.24) is 0 Å². The van der Waals surface area contributed by atoms with Gasteiger partial charge >= 0.3 is 0 Å². The molecule has 0 atom stereocenters. The monoisotopic (exact) mass is 311 g/mol. The highest BCUT2D eigenvalue weighted by atomic mass is 16.3. The van der Waals surface area contributed by atoms with Crippen LogP contribution in [0.25, 0.3) is 11.0 Å². The molecular formula is C18H21N3O2. The van der Waals surface area contributed by atoms with Gasteiger partial charge < -0.3 is 9.32 Å².